The Hall–Kier alpha value is -2.14. The zero-order valence-corrected chi connectivity index (χ0v) is 11.1. The highest BCUT2D eigenvalue weighted by molar-refractivity contribution is 5.50. The number of anilines is 1. The predicted octanol–water partition coefficient (Wildman–Crippen LogP) is 3.09. The molecule has 0 aliphatic heterocycles. The third kappa shape index (κ3) is 3.45. The molecule has 0 amide bonds. The maximum absolute atomic E-state index is 13.3. The average Bonchev–Trinajstić information content (AvgIpc) is 2.44. The number of hydrogen-bond donors (Lipinski definition) is 2. The smallest absolute Gasteiger partial charge is 0.126 e. The maximum Gasteiger partial charge on any atom is 0.126 e. The molecule has 3 N–H and O–H groups in total. The molecule has 2 aromatic carbocycles. The van der Waals surface area contributed by atoms with Gasteiger partial charge >= 0.3 is 0 Å². The first-order valence-electron chi connectivity index (χ1n) is 6.19. The number of benzene rings is 2. The summed E-state index contributed by atoms with van der Waals surface area (Å²) in [5, 5.41) is 3.14. The van der Waals surface area contributed by atoms with Crippen molar-refractivity contribution in [3.63, 3.8) is 0 Å². The van der Waals surface area contributed by atoms with Crippen LogP contribution in [0.5, 0.6) is 5.75 Å². The molecule has 20 heavy (non-hydrogen) atoms. The van der Waals surface area contributed by atoms with E-state index in [4.69, 9.17) is 10.5 Å². The van der Waals surface area contributed by atoms with E-state index >= 15 is 0 Å². The topological polar surface area (TPSA) is 47.3 Å². The molecule has 0 bridgehead atoms. The zero-order valence-electron chi connectivity index (χ0n) is 11.1. The summed E-state index contributed by atoms with van der Waals surface area (Å²) >= 11 is 0. The molecule has 1 unspecified atom stereocenters. The first-order chi connectivity index (χ1) is 9.62. The Morgan fingerprint density at radius 3 is 2.45 bits per heavy atom. The second-order valence-electron chi connectivity index (χ2n) is 4.37. The van der Waals surface area contributed by atoms with Gasteiger partial charge in [0.1, 0.15) is 17.4 Å². The highest BCUT2D eigenvalue weighted by Crippen LogP contribution is 2.23. The molecule has 0 spiro atoms. The molecule has 2 rings (SSSR count). The van der Waals surface area contributed by atoms with Gasteiger partial charge in [0, 0.05) is 24.4 Å². The summed E-state index contributed by atoms with van der Waals surface area (Å²) in [5.74, 6) is -0.548. The van der Waals surface area contributed by atoms with Crippen molar-refractivity contribution in [3.8, 4) is 5.75 Å². The fraction of sp³-hybridized carbons (Fsp3) is 0.200. The summed E-state index contributed by atoms with van der Waals surface area (Å²) < 4.78 is 31.6. The van der Waals surface area contributed by atoms with Gasteiger partial charge in [-0.2, -0.15) is 0 Å². The van der Waals surface area contributed by atoms with Gasteiger partial charge in [-0.05, 0) is 29.8 Å². The van der Waals surface area contributed by atoms with Gasteiger partial charge < -0.3 is 15.8 Å². The Morgan fingerprint density at radius 2 is 1.85 bits per heavy atom. The minimum atomic E-state index is -0.620. The van der Waals surface area contributed by atoms with Gasteiger partial charge in [-0.3, -0.25) is 0 Å². The average molecular weight is 278 g/mol. The molecule has 0 fully saturated rings. The van der Waals surface area contributed by atoms with E-state index in [-0.39, 0.29) is 12.6 Å². The van der Waals surface area contributed by atoms with Crippen molar-refractivity contribution in [2.24, 2.45) is 5.73 Å². The molecule has 0 aliphatic rings. The number of nitrogens with two attached hydrogens (primary N) is 1. The minimum absolute atomic E-state index is 0.208. The number of hydrogen-bond acceptors (Lipinski definition) is 3. The van der Waals surface area contributed by atoms with Crippen LogP contribution in [-0.2, 0) is 0 Å². The van der Waals surface area contributed by atoms with Crippen LogP contribution >= 0.6 is 0 Å². The second kappa shape index (κ2) is 6.34. The molecule has 5 heteroatoms. The van der Waals surface area contributed by atoms with Crippen LogP contribution < -0.4 is 15.8 Å². The third-order valence-electron chi connectivity index (χ3n) is 2.93. The van der Waals surface area contributed by atoms with E-state index in [2.05, 4.69) is 5.32 Å². The fourth-order valence-corrected chi connectivity index (χ4v) is 1.97. The molecule has 0 radical (unpaired) electrons. The normalized spacial score (nSPS) is 12.0. The van der Waals surface area contributed by atoms with Gasteiger partial charge in [0.15, 0.2) is 0 Å². The highest BCUT2D eigenvalue weighted by Gasteiger charge is 2.12. The summed E-state index contributed by atoms with van der Waals surface area (Å²) in [6.07, 6.45) is 0. The first-order valence-corrected chi connectivity index (χ1v) is 6.19. The van der Waals surface area contributed by atoms with Crippen LogP contribution in [0.4, 0.5) is 14.5 Å². The molecule has 1 atom stereocenters. The quantitative estimate of drug-likeness (QED) is 0.883. The third-order valence-corrected chi connectivity index (χ3v) is 2.93. The molecular formula is C15H16F2N2O. The lowest BCUT2D eigenvalue weighted by atomic mass is 10.1. The van der Waals surface area contributed by atoms with Crippen LogP contribution in [0.25, 0.3) is 0 Å². The molecular weight excluding hydrogens is 262 g/mol. The van der Waals surface area contributed by atoms with E-state index in [1.165, 1.54) is 12.1 Å². The Labute approximate surface area is 116 Å². The number of rotatable bonds is 5. The van der Waals surface area contributed by atoms with Gasteiger partial charge in [0.2, 0.25) is 0 Å². The largest absolute Gasteiger partial charge is 0.497 e. The van der Waals surface area contributed by atoms with Crippen molar-refractivity contribution in [1.29, 1.82) is 0 Å². The van der Waals surface area contributed by atoms with Crippen molar-refractivity contribution in [1.82, 2.24) is 0 Å². The van der Waals surface area contributed by atoms with E-state index in [1.807, 2.05) is 18.2 Å². The number of methoxy groups -OCH3 is 1. The molecule has 3 nitrogen and oxygen atoms in total. The number of nitrogens with one attached hydrogen (secondary N) is 1. The summed E-state index contributed by atoms with van der Waals surface area (Å²) in [6.45, 7) is 0.208. The predicted molar refractivity (Wildman–Crippen MR) is 74.8 cm³/mol. The molecule has 0 saturated carbocycles. The van der Waals surface area contributed by atoms with Gasteiger partial charge in [-0.1, -0.05) is 6.07 Å². The van der Waals surface area contributed by atoms with E-state index < -0.39 is 11.6 Å². The van der Waals surface area contributed by atoms with Crippen molar-refractivity contribution >= 4 is 5.69 Å². The van der Waals surface area contributed by atoms with E-state index in [0.29, 0.717) is 11.3 Å². The SMILES string of the molecule is COc1cccc(NC(CN)c2cc(F)cc(F)c2)c1. The lowest BCUT2D eigenvalue weighted by Crippen LogP contribution is -2.21. The number of ether oxygens (including phenoxy) is 1. The second-order valence-corrected chi connectivity index (χ2v) is 4.37. The Balaban J connectivity index is 2.23. The molecule has 0 heterocycles. The lowest BCUT2D eigenvalue weighted by molar-refractivity contribution is 0.415. The van der Waals surface area contributed by atoms with E-state index in [0.717, 1.165) is 11.8 Å². The lowest BCUT2D eigenvalue weighted by Gasteiger charge is -2.19. The van der Waals surface area contributed by atoms with Crippen molar-refractivity contribution in [3.05, 3.63) is 59.7 Å². The standard InChI is InChI=1S/C15H16F2N2O/c1-20-14-4-2-3-13(8-14)19-15(9-18)10-5-11(16)7-12(17)6-10/h2-8,15,19H,9,18H2,1H3. The van der Waals surface area contributed by atoms with Gasteiger partial charge in [0.05, 0.1) is 13.2 Å². The number of halogens is 2. The molecule has 0 aromatic heterocycles. The van der Waals surface area contributed by atoms with Crippen molar-refractivity contribution in [2.45, 2.75) is 6.04 Å². The van der Waals surface area contributed by atoms with Crippen LogP contribution in [-0.4, -0.2) is 13.7 Å². The van der Waals surface area contributed by atoms with Gasteiger partial charge in [-0.25, -0.2) is 8.78 Å². The maximum atomic E-state index is 13.3. The summed E-state index contributed by atoms with van der Waals surface area (Å²) in [4.78, 5) is 0. The van der Waals surface area contributed by atoms with Gasteiger partial charge in [0.25, 0.3) is 0 Å². The first kappa shape index (κ1) is 14.3. The van der Waals surface area contributed by atoms with Crippen molar-refractivity contribution < 1.29 is 13.5 Å². The van der Waals surface area contributed by atoms with E-state index in [1.54, 1.807) is 13.2 Å². The summed E-state index contributed by atoms with van der Waals surface area (Å²) in [6, 6.07) is 10.3. The van der Waals surface area contributed by atoms with Crippen LogP contribution in [0.15, 0.2) is 42.5 Å². The highest BCUT2D eigenvalue weighted by atomic mass is 19.1. The fourth-order valence-electron chi connectivity index (χ4n) is 1.97. The molecule has 2 aromatic rings. The summed E-state index contributed by atoms with van der Waals surface area (Å²) in [5.41, 5.74) is 6.92. The van der Waals surface area contributed by atoms with Crippen LogP contribution in [0.2, 0.25) is 0 Å². The molecule has 106 valence electrons. The van der Waals surface area contributed by atoms with E-state index in [9.17, 15) is 8.78 Å². The Bertz CT molecular complexity index is 570. The van der Waals surface area contributed by atoms with Crippen LogP contribution in [0, 0.1) is 11.6 Å². The monoisotopic (exact) mass is 278 g/mol. The van der Waals surface area contributed by atoms with Crippen LogP contribution in [0.3, 0.4) is 0 Å². The summed E-state index contributed by atoms with van der Waals surface area (Å²) in [7, 11) is 1.57. The van der Waals surface area contributed by atoms with Crippen LogP contribution in [0.1, 0.15) is 11.6 Å². The molecule has 0 saturated heterocycles. The zero-order chi connectivity index (χ0) is 14.5. The Morgan fingerprint density at radius 1 is 1.15 bits per heavy atom. The van der Waals surface area contributed by atoms with Gasteiger partial charge in [-0.15, -0.1) is 0 Å². The molecule has 0 aliphatic carbocycles. The minimum Gasteiger partial charge on any atom is -0.497 e. The van der Waals surface area contributed by atoms with Crippen molar-refractivity contribution in [2.75, 3.05) is 19.0 Å². The Kier molecular flexibility index (Phi) is 4.53.